The van der Waals surface area contributed by atoms with Crippen LogP contribution in [0.1, 0.15) is 26.3 Å². The van der Waals surface area contributed by atoms with Crippen LogP contribution in [0.15, 0.2) is 24.3 Å². The molecule has 0 aliphatic rings. The Morgan fingerprint density at radius 1 is 1.26 bits per heavy atom. The molecule has 1 unspecified atom stereocenters. The highest BCUT2D eigenvalue weighted by atomic mass is 16.6. The highest BCUT2D eigenvalue weighted by Gasteiger charge is 2.12. The molecule has 5 nitrogen and oxygen atoms in total. The van der Waals surface area contributed by atoms with E-state index in [4.69, 9.17) is 0 Å². The van der Waals surface area contributed by atoms with Gasteiger partial charge in [-0.1, -0.05) is 12.1 Å². The van der Waals surface area contributed by atoms with Crippen molar-refractivity contribution in [3.8, 4) is 0 Å². The van der Waals surface area contributed by atoms with Gasteiger partial charge in [-0.3, -0.25) is 15.0 Å². The number of non-ortho nitro benzene ring substituents is 1. The molecule has 0 radical (unpaired) electrons. The van der Waals surface area contributed by atoms with E-state index in [1.807, 2.05) is 0 Å². The summed E-state index contributed by atoms with van der Waals surface area (Å²) in [6, 6.07) is 7.01. The Morgan fingerprint density at radius 2 is 1.84 bits per heavy atom. The van der Waals surface area contributed by atoms with Gasteiger partial charge in [0.05, 0.1) is 11.0 Å². The number of hydrogen-bond donors (Lipinski definition) is 1. The Balaban J connectivity index is 2.56. The van der Waals surface area contributed by atoms with Gasteiger partial charge >= 0.3 is 0 Å². The third kappa shape index (κ3) is 5.36. The number of aliphatic hydroxyl groups is 1. The molecule has 5 heteroatoms. The zero-order chi connectivity index (χ0) is 14.4. The van der Waals surface area contributed by atoms with Crippen molar-refractivity contribution in [1.29, 1.82) is 0 Å². The van der Waals surface area contributed by atoms with Crippen LogP contribution in [0.4, 0.5) is 5.69 Å². The van der Waals surface area contributed by atoms with Crippen molar-refractivity contribution in [3.05, 3.63) is 39.9 Å². The van der Waals surface area contributed by atoms with E-state index in [0.29, 0.717) is 12.6 Å². The molecule has 0 aromatic heterocycles. The number of hydrogen-bond acceptors (Lipinski definition) is 4. The predicted octanol–water partition coefficient (Wildman–Crippen LogP) is 2.23. The van der Waals surface area contributed by atoms with E-state index in [-0.39, 0.29) is 11.8 Å². The van der Waals surface area contributed by atoms with E-state index < -0.39 is 4.92 Å². The maximum absolute atomic E-state index is 10.6. The normalized spacial score (nSPS) is 12.9. The van der Waals surface area contributed by atoms with Gasteiger partial charge in [-0.15, -0.1) is 0 Å². The minimum Gasteiger partial charge on any atom is -0.392 e. The average Bonchev–Trinajstić information content (AvgIpc) is 2.34. The van der Waals surface area contributed by atoms with Gasteiger partial charge in [-0.2, -0.15) is 0 Å². The lowest BCUT2D eigenvalue weighted by Gasteiger charge is -2.27. The summed E-state index contributed by atoms with van der Waals surface area (Å²) in [5, 5.41) is 20.0. The van der Waals surface area contributed by atoms with Gasteiger partial charge in [0.25, 0.3) is 5.69 Å². The second kappa shape index (κ2) is 7.21. The number of nitrogens with zero attached hydrogens (tertiary/aromatic N) is 2. The molecule has 0 aliphatic carbocycles. The Morgan fingerprint density at radius 3 is 2.26 bits per heavy atom. The van der Waals surface area contributed by atoms with Crippen molar-refractivity contribution in [1.82, 2.24) is 4.90 Å². The maximum atomic E-state index is 10.6. The lowest BCUT2D eigenvalue weighted by atomic mass is 10.1. The summed E-state index contributed by atoms with van der Waals surface area (Å²) in [6.45, 7) is 7.45. The molecule has 0 fully saturated rings. The average molecular weight is 266 g/mol. The molecule has 0 spiro atoms. The van der Waals surface area contributed by atoms with E-state index in [0.717, 1.165) is 18.5 Å². The number of benzene rings is 1. The molecule has 0 bridgehead atoms. The molecule has 1 N–H and O–H groups in total. The molecule has 1 rings (SSSR count). The molecule has 1 aromatic carbocycles. The second-order valence-corrected chi connectivity index (χ2v) is 5.11. The van der Waals surface area contributed by atoms with Crippen LogP contribution in [0.3, 0.4) is 0 Å². The Kier molecular flexibility index (Phi) is 5.92. The third-order valence-corrected chi connectivity index (χ3v) is 3.06. The lowest BCUT2D eigenvalue weighted by molar-refractivity contribution is -0.384. The van der Waals surface area contributed by atoms with Crippen LogP contribution in [0.25, 0.3) is 0 Å². The summed E-state index contributed by atoms with van der Waals surface area (Å²) in [4.78, 5) is 12.4. The Bertz CT molecular complexity index is 402. The van der Waals surface area contributed by atoms with Crippen molar-refractivity contribution in [3.63, 3.8) is 0 Å². The topological polar surface area (TPSA) is 66.6 Å². The van der Waals surface area contributed by atoms with Gasteiger partial charge in [0.15, 0.2) is 0 Å². The molecule has 0 aliphatic heterocycles. The van der Waals surface area contributed by atoms with Gasteiger partial charge in [-0.05, 0) is 32.8 Å². The molecule has 0 saturated heterocycles. The van der Waals surface area contributed by atoms with E-state index in [1.165, 1.54) is 12.1 Å². The first kappa shape index (κ1) is 15.6. The fraction of sp³-hybridized carbons (Fsp3) is 0.571. The van der Waals surface area contributed by atoms with E-state index in [1.54, 1.807) is 19.1 Å². The molecule has 0 heterocycles. The molecular formula is C14H22N2O3. The summed E-state index contributed by atoms with van der Waals surface area (Å²) in [5.74, 6) is 0. The first-order valence-electron chi connectivity index (χ1n) is 6.55. The lowest BCUT2D eigenvalue weighted by Crippen LogP contribution is -2.38. The first-order chi connectivity index (χ1) is 8.90. The second-order valence-electron chi connectivity index (χ2n) is 5.11. The van der Waals surface area contributed by atoms with Gasteiger partial charge in [-0.25, -0.2) is 0 Å². The monoisotopic (exact) mass is 266 g/mol. The van der Waals surface area contributed by atoms with Crippen molar-refractivity contribution in [2.45, 2.75) is 39.3 Å². The molecular weight excluding hydrogens is 244 g/mol. The minimum absolute atomic E-state index is 0.119. The van der Waals surface area contributed by atoms with E-state index in [2.05, 4.69) is 18.7 Å². The fourth-order valence-corrected chi connectivity index (χ4v) is 1.96. The van der Waals surface area contributed by atoms with Crippen LogP contribution in [0.5, 0.6) is 0 Å². The zero-order valence-corrected chi connectivity index (χ0v) is 11.7. The van der Waals surface area contributed by atoms with E-state index in [9.17, 15) is 15.2 Å². The van der Waals surface area contributed by atoms with Gasteiger partial charge in [0.1, 0.15) is 0 Å². The minimum atomic E-state index is -0.391. The number of nitro benzene ring substituents is 1. The quantitative estimate of drug-likeness (QED) is 0.607. The first-order valence-corrected chi connectivity index (χ1v) is 6.55. The summed E-state index contributed by atoms with van der Waals surface area (Å²) in [7, 11) is 0. The van der Waals surface area contributed by atoms with Crippen molar-refractivity contribution < 1.29 is 10.0 Å². The summed E-state index contributed by atoms with van der Waals surface area (Å²) >= 11 is 0. The van der Waals surface area contributed by atoms with Crippen LogP contribution in [-0.2, 0) is 6.42 Å². The van der Waals surface area contributed by atoms with Crippen LogP contribution in [0.2, 0.25) is 0 Å². The SMILES string of the molecule is CC(O)CN(CCc1ccc([N+](=O)[O-])cc1)C(C)C. The largest absolute Gasteiger partial charge is 0.392 e. The van der Waals surface area contributed by atoms with Crippen LogP contribution >= 0.6 is 0 Å². The van der Waals surface area contributed by atoms with E-state index >= 15 is 0 Å². The molecule has 1 atom stereocenters. The number of rotatable bonds is 7. The highest BCUT2D eigenvalue weighted by molar-refractivity contribution is 5.32. The van der Waals surface area contributed by atoms with Crippen LogP contribution in [-0.4, -0.2) is 40.2 Å². The maximum Gasteiger partial charge on any atom is 0.269 e. The van der Waals surface area contributed by atoms with Gasteiger partial charge in [0, 0.05) is 31.3 Å². The number of nitro groups is 1. The highest BCUT2D eigenvalue weighted by Crippen LogP contribution is 2.13. The molecule has 0 amide bonds. The summed E-state index contributed by atoms with van der Waals surface area (Å²) < 4.78 is 0. The number of aliphatic hydroxyl groups excluding tert-OH is 1. The molecule has 0 saturated carbocycles. The van der Waals surface area contributed by atoms with Crippen molar-refractivity contribution >= 4 is 5.69 Å². The summed E-state index contributed by atoms with van der Waals surface area (Å²) in [5.41, 5.74) is 1.19. The zero-order valence-electron chi connectivity index (χ0n) is 11.7. The van der Waals surface area contributed by atoms with Gasteiger partial charge < -0.3 is 5.11 Å². The standard InChI is InChI=1S/C14H22N2O3/c1-11(2)15(10-12(3)17)9-8-13-4-6-14(7-5-13)16(18)19/h4-7,11-12,17H,8-10H2,1-3H3. The Labute approximate surface area is 114 Å². The fourth-order valence-electron chi connectivity index (χ4n) is 1.96. The summed E-state index contributed by atoms with van der Waals surface area (Å²) in [6.07, 6.45) is 0.474. The van der Waals surface area contributed by atoms with Crippen LogP contribution < -0.4 is 0 Å². The Hall–Kier alpha value is -1.46. The molecule has 19 heavy (non-hydrogen) atoms. The van der Waals surface area contributed by atoms with Crippen molar-refractivity contribution in [2.24, 2.45) is 0 Å². The molecule has 106 valence electrons. The van der Waals surface area contributed by atoms with Crippen molar-refractivity contribution in [2.75, 3.05) is 13.1 Å². The van der Waals surface area contributed by atoms with Gasteiger partial charge in [0.2, 0.25) is 0 Å². The predicted molar refractivity (Wildman–Crippen MR) is 75.2 cm³/mol. The smallest absolute Gasteiger partial charge is 0.269 e. The molecule has 1 aromatic rings. The third-order valence-electron chi connectivity index (χ3n) is 3.06. The van der Waals surface area contributed by atoms with Crippen LogP contribution in [0, 0.1) is 10.1 Å².